The van der Waals surface area contributed by atoms with E-state index in [1.807, 2.05) is 0 Å². The molecule has 1 atom stereocenters. The number of carbonyl (C=O) groups is 1. The average molecular weight is 414 g/mol. The van der Waals surface area contributed by atoms with Crippen molar-refractivity contribution in [2.45, 2.75) is 69.6 Å². The molecule has 2 aromatic rings. The standard InChI is InChI=1S/C23H31N3O4/c27-15-19-14-24-25-22(19)30-23(28)26-13-5-4-8-20(26)16-29-21-11-9-18(10-12-21)17-6-2-1-3-7-17/h1-3,6-7,14,18,20-21,27H,4-5,8-13,15-16H2,(H,24,25)/t18-,20?,21+. The van der Waals surface area contributed by atoms with Gasteiger partial charge in [0.1, 0.15) is 0 Å². The third-order valence-electron chi connectivity index (χ3n) is 6.37. The van der Waals surface area contributed by atoms with E-state index in [1.165, 1.54) is 11.8 Å². The van der Waals surface area contributed by atoms with E-state index >= 15 is 0 Å². The van der Waals surface area contributed by atoms with Crippen LogP contribution in [0.5, 0.6) is 5.88 Å². The van der Waals surface area contributed by atoms with Crippen LogP contribution in [0.2, 0.25) is 0 Å². The Morgan fingerprint density at radius 1 is 1.13 bits per heavy atom. The number of hydrogen-bond donors (Lipinski definition) is 2. The molecular formula is C23H31N3O4. The number of benzene rings is 1. The molecule has 2 N–H and O–H groups in total. The summed E-state index contributed by atoms with van der Waals surface area (Å²) in [5.74, 6) is 0.772. The number of aliphatic hydroxyl groups is 1. The Balaban J connectivity index is 1.27. The van der Waals surface area contributed by atoms with Crippen LogP contribution >= 0.6 is 0 Å². The van der Waals surface area contributed by atoms with E-state index in [-0.39, 0.29) is 24.6 Å². The molecular weight excluding hydrogens is 382 g/mol. The highest BCUT2D eigenvalue weighted by Gasteiger charge is 2.31. The highest BCUT2D eigenvalue weighted by Crippen LogP contribution is 2.34. The molecule has 1 aliphatic heterocycles. The predicted molar refractivity (Wildman–Crippen MR) is 112 cm³/mol. The largest absolute Gasteiger partial charge is 0.416 e. The van der Waals surface area contributed by atoms with Crippen molar-refractivity contribution in [3.8, 4) is 5.88 Å². The van der Waals surface area contributed by atoms with Gasteiger partial charge in [0.05, 0.1) is 30.9 Å². The maximum atomic E-state index is 12.7. The van der Waals surface area contributed by atoms with Gasteiger partial charge < -0.3 is 19.5 Å². The summed E-state index contributed by atoms with van der Waals surface area (Å²) in [5, 5.41) is 15.9. The zero-order chi connectivity index (χ0) is 20.8. The highest BCUT2D eigenvalue weighted by atomic mass is 16.6. The number of rotatable bonds is 6. The summed E-state index contributed by atoms with van der Waals surface area (Å²) in [6.07, 6.45) is 8.75. The molecule has 4 rings (SSSR count). The van der Waals surface area contributed by atoms with E-state index < -0.39 is 6.09 Å². The number of nitrogens with one attached hydrogen (secondary N) is 1. The molecule has 7 heteroatoms. The van der Waals surface area contributed by atoms with Gasteiger partial charge >= 0.3 is 6.09 Å². The Morgan fingerprint density at radius 2 is 1.93 bits per heavy atom. The van der Waals surface area contributed by atoms with Crippen LogP contribution in [0.3, 0.4) is 0 Å². The van der Waals surface area contributed by atoms with Gasteiger partial charge in [-0.1, -0.05) is 30.3 Å². The Bertz CT molecular complexity index is 802. The molecule has 2 aliphatic rings. The first kappa shape index (κ1) is 20.9. The van der Waals surface area contributed by atoms with Crippen molar-refractivity contribution >= 4 is 6.09 Å². The molecule has 1 aromatic carbocycles. The number of ether oxygens (including phenoxy) is 2. The van der Waals surface area contributed by atoms with Crippen molar-refractivity contribution < 1.29 is 19.4 Å². The van der Waals surface area contributed by atoms with Crippen LogP contribution in [0.25, 0.3) is 0 Å². The molecule has 2 fully saturated rings. The van der Waals surface area contributed by atoms with Gasteiger partial charge in [-0.2, -0.15) is 0 Å². The number of amides is 1. The van der Waals surface area contributed by atoms with Crippen LogP contribution < -0.4 is 4.74 Å². The smallest absolute Gasteiger partial charge is 0.391 e. The molecule has 2 heterocycles. The first-order valence-electron chi connectivity index (χ1n) is 11.0. The van der Waals surface area contributed by atoms with Crippen LogP contribution in [-0.2, 0) is 11.3 Å². The minimum absolute atomic E-state index is 0.0228. The monoisotopic (exact) mass is 413 g/mol. The fourth-order valence-electron chi connectivity index (χ4n) is 4.59. The van der Waals surface area contributed by atoms with Crippen LogP contribution in [0.4, 0.5) is 4.79 Å². The van der Waals surface area contributed by atoms with E-state index in [0.717, 1.165) is 44.9 Å². The van der Waals surface area contributed by atoms with Gasteiger partial charge in [0.25, 0.3) is 0 Å². The maximum Gasteiger partial charge on any atom is 0.416 e. The van der Waals surface area contributed by atoms with Crippen molar-refractivity contribution in [3.05, 3.63) is 47.7 Å². The van der Waals surface area contributed by atoms with Gasteiger partial charge in [-0.15, -0.1) is 5.10 Å². The van der Waals surface area contributed by atoms with Crippen molar-refractivity contribution in [1.82, 2.24) is 15.1 Å². The minimum atomic E-state index is -0.419. The van der Waals surface area contributed by atoms with E-state index in [2.05, 4.69) is 40.5 Å². The van der Waals surface area contributed by atoms with Crippen LogP contribution in [0.15, 0.2) is 36.5 Å². The first-order valence-corrected chi connectivity index (χ1v) is 11.0. The first-order chi connectivity index (χ1) is 14.7. The summed E-state index contributed by atoms with van der Waals surface area (Å²) in [6.45, 7) is 0.979. The van der Waals surface area contributed by atoms with Crippen molar-refractivity contribution in [2.75, 3.05) is 13.2 Å². The van der Waals surface area contributed by atoms with Crippen LogP contribution in [-0.4, -0.2) is 51.6 Å². The molecule has 7 nitrogen and oxygen atoms in total. The number of likely N-dealkylation sites (tertiary alicyclic amines) is 1. The topological polar surface area (TPSA) is 87.7 Å². The number of aromatic amines is 1. The second kappa shape index (κ2) is 10.1. The van der Waals surface area contributed by atoms with Gasteiger partial charge in [-0.3, -0.25) is 5.10 Å². The zero-order valence-electron chi connectivity index (χ0n) is 17.3. The second-order valence-corrected chi connectivity index (χ2v) is 8.30. The SMILES string of the molecule is O=C(Oc1n[nH]cc1CO)N1CCCCC1CO[C@H]1CC[C@@H](c2ccccc2)CC1. The van der Waals surface area contributed by atoms with Crippen LogP contribution in [0.1, 0.15) is 62.0 Å². The average Bonchev–Trinajstić information content (AvgIpc) is 3.26. The summed E-state index contributed by atoms with van der Waals surface area (Å²) in [4.78, 5) is 14.5. The minimum Gasteiger partial charge on any atom is -0.391 e. The Labute approximate surface area is 177 Å². The third kappa shape index (κ3) is 5.02. The summed E-state index contributed by atoms with van der Waals surface area (Å²) in [5.41, 5.74) is 1.90. The van der Waals surface area contributed by atoms with Crippen LogP contribution in [0, 0.1) is 0 Å². The highest BCUT2D eigenvalue weighted by molar-refractivity contribution is 5.71. The van der Waals surface area contributed by atoms with Gasteiger partial charge in [0.2, 0.25) is 5.88 Å². The molecule has 1 aliphatic carbocycles. The van der Waals surface area contributed by atoms with E-state index in [0.29, 0.717) is 24.6 Å². The number of nitrogens with zero attached hydrogens (tertiary/aromatic N) is 2. The lowest BCUT2D eigenvalue weighted by Crippen LogP contribution is -2.48. The summed E-state index contributed by atoms with van der Waals surface area (Å²) in [6, 6.07) is 10.8. The van der Waals surface area contributed by atoms with E-state index in [9.17, 15) is 9.90 Å². The summed E-state index contributed by atoms with van der Waals surface area (Å²) in [7, 11) is 0. The summed E-state index contributed by atoms with van der Waals surface area (Å²) >= 11 is 0. The molecule has 1 amide bonds. The predicted octanol–water partition coefficient (Wildman–Crippen LogP) is 4.00. The Morgan fingerprint density at radius 3 is 2.70 bits per heavy atom. The lowest BCUT2D eigenvalue weighted by atomic mass is 9.83. The molecule has 1 aromatic heterocycles. The maximum absolute atomic E-state index is 12.7. The Hall–Kier alpha value is -2.38. The lowest BCUT2D eigenvalue weighted by Gasteiger charge is -2.36. The molecule has 0 radical (unpaired) electrons. The van der Waals surface area contributed by atoms with Crippen molar-refractivity contribution in [3.63, 3.8) is 0 Å². The number of aliphatic hydroxyl groups excluding tert-OH is 1. The molecule has 1 unspecified atom stereocenters. The van der Waals surface area contributed by atoms with Gasteiger partial charge in [-0.25, -0.2) is 4.79 Å². The molecule has 30 heavy (non-hydrogen) atoms. The molecule has 0 spiro atoms. The summed E-state index contributed by atoms with van der Waals surface area (Å²) < 4.78 is 11.7. The van der Waals surface area contributed by atoms with Crippen molar-refractivity contribution in [2.24, 2.45) is 0 Å². The number of H-pyrrole nitrogens is 1. The Kier molecular flexibility index (Phi) is 7.02. The normalized spacial score (nSPS) is 24.6. The molecule has 1 saturated carbocycles. The number of aromatic nitrogens is 2. The number of hydrogen-bond acceptors (Lipinski definition) is 5. The van der Waals surface area contributed by atoms with E-state index in [4.69, 9.17) is 9.47 Å². The second-order valence-electron chi connectivity index (χ2n) is 8.30. The molecule has 162 valence electrons. The fraction of sp³-hybridized carbons (Fsp3) is 0.565. The van der Waals surface area contributed by atoms with E-state index in [1.54, 1.807) is 4.90 Å². The number of carbonyl (C=O) groups excluding carboxylic acids is 1. The van der Waals surface area contributed by atoms with Gasteiger partial charge in [0.15, 0.2) is 0 Å². The lowest BCUT2D eigenvalue weighted by molar-refractivity contribution is -0.0155. The third-order valence-corrected chi connectivity index (χ3v) is 6.37. The number of piperidine rings is 1. The zero-order valence-corrected chi connectivity index (χ0v) is 17.3. The van der Waals surface area contributed by atoms with Gasteiger partial charge in [-0.05, 0) is 56.4 Å². The van der Waals surface area contributed by atoms with Gasteiger partial charge in [0, 0.05) is 12.7 Å². The van der Waals surface area contributed by atoms with Crippen molar-refractivity contribution in [1.29, 1.82) is 0 Å². The molecule has 0 bridgehead atoms. The molecule has 1 saturated heterocycles. The fourth-order valence-corrected chi connectivity index (χ4v) is 4.59. The quantitative estimate of drug-likeness (QED) is 0.747.